The van der Waals surface area contributed by atoms with Crippen molar-refractivity contribution in [2.45, 2.75) is 45.6 Å². The Labute approximate surface area is 99.3 Å². The molecule has 0 bridgehead atoms. The molecule has 16 heavy (non-hydrogen) atoms. The highest BCUT2D eigenvalue weighted by Crippen LogP contribution is 2.33. The predicted molar refractivity (Wildman–Crippen MR) is 69.7 cm³/mol. The molecule has 0 saturated heterocycles. The highest BCUT2D eigenvalue weighted by atomic mass is 14.9. The van der Waals surface area contributed by atoms with Crippen LogP contribution < -0.4 is 5.32 Å². The molecule has 1 aliphatic rings. The van der Waals surface area contributed by atoms with Gasteiger partial charge in [0.2, 0.25) is 0 Å². The minimum absolute atomic E-state index is 0.691. The Balaban J connectivity index is 1.68. The predicted octanol–water partition coefficient (Wildman–Crippen LogP) is 3.32. The molecule has 1 fully saturated rings. The summed E-state index contributed by atoms with van der Waals surface area (Å²) in [5.74, 6) is 1.03. The zero-order valence-electron chi connectivity index (χ0n) is 10.5. The summed E-state index contributed by atoms with van der Waals surface area (Å²) in [6.07, 6.45) is 5.45. The van der Waals surface area contributed by atoms with E-state index in [1.165, 1.54) is 30.4 Å². The SMILES string of the molecule is Cc1ccccc1CCNC(C)CC1CC1. The fraction of sp³-hybridized carbons (Fsp3) is 0.600. The van der Waals surface area contributed by atoms with E-state index in [0.717, 1.165) is 18.9 Å². The van der Waals surface area contributed by atoms with E-state index < -0.39 is 0 Å². The highest BCUT2D eigenvalue weighted by Gasteiger charge is 2.23. The van der Waals surface area contributed by atoms with Gasteiger partial charge in [0, 0.05) is 6.04 Å². The Morgan fingerprint density at radius 3 is 2.75 bits per heavy atom. The van der Waals surface area contributed by atoms with Gasteiger partial charge >= 0.3 is 0 Å². The lowest BCUT2D eigenvalue weighted by molar-refractivity contribution is 0.491. The van der Waals surface area contributed by atoms with Crippen molar-refractivity contribution in [2.75, 3.05) is 6.54 Å². The van der Waals surface area contributed by atoms with Crippen molar-refractivity contribution in [3.05, 3.63) is 35.4 Å². The van der Waals surface area contributed by atoms with Crippen LogP contribution in [0.1, 0.15) is 37.3 Å². The summed E-state index contributed by atoms with van der Waals surface area (Å²) in [7, 11) is 0. The van der Waals surface area contributed by atoms with Gasteiger partial charge < -0.3 is 5.32 Å². The molecule has 0 heterocycles. The Kier molecular flexibility index (Phi) is 4.00. The standard InChI is InChI=1S/C15H23N/c1-12-5-3-4-6-15(12)9-10-16-13(2)11-14-7-8-14/h3-6,13-14,16H,7-11H2,1-2H3. The van der Waals surface area contributed by atoms with Gasteiger partial charge in [-0.15, -0.1) is 0 Å². The molecular weight excluding hydrogens is 194 g/mol. The van der Waals surface area contributed by atoms with Crippen LogP contribution in [0.2, 0.25) is 0 Å². The van der Waals surface area contributed by atoms with Gasteiger partial charge in [0.05, 0.1) is 0 Å². The van der Waals surface area contributed by atoms with Crippen molar-refractivity contribution in [3.8, 4) is 0 Å². The van der Waals surface area contributed by atoms with E-state index in [9.17, 15) is 0 Å². The van der Waals surface area contributed by atoms with E-state index in [1.54, 1.807) is 0 Å². The van der Waals surface area contributed by atoms with Gasteiger partial charge in [-0.1, -0.05) is 37.1 Å². The molecule has 0 aliphatic heterocycles. The van der Waals surface area contributed by atoms with Gasteiger partial charge in [0.1, 0.15) is 0 Å². The molecule has 1 nitrogen and oxygen atoms in total. The molecule has 1 heteroatoms. The third kappa shape index (κ3) is 3.64. The van der Waals surface area contributed by atoms with E-state index in [1.807, 2.05) is 0 Å². The fourth-order valence-electron chi connectivity index (χ4n) is 2.28. The Morgan fingerprint density at radius 2 is 2.06 bits per heavy atom. The van der Waals surface area contributed by atoms with Crippen LogP contribution in [0.3, 0.4) is 0 Å². The summed E-state index contributed by atoms with van der Waals surface area (Å²) in [5, 5.41) is 3.63. The van der Waals surface area contributed by atoms with Crippen LogP contribution in [0.5, 0.6) is 0 Å². The lowest BCUT2D eigenvalue weighted by Gasteiger charge is -2.13. The Bertz CT molecular complexity index is 328. The second-order valence-corrected chi connectivity index (χ2v) is 5.21. The topological polar surface area (TPSA) is 12.0 Å². The van der Waals surface area contributed by atoms with Crippen molar-refractivity contribution in [1.29, 1.82) is 0 Å². The third-order valence-electron chi connectivity index (χ3n) is 3.53. The lowest BCUT2D eigenvalue weighted by Crippen LogP contribution is -2.28. The molecule has 88 valence electrons. The molecule has 0 amide bonds. The maximum atomic E-state index is 3.63. The number of benzene rings is 1. The van der Waals surface area contributed by atoms with Gasteiger partial charge in [-0.3, -0.25) is 0 Å². The van der Waals surface area contributed by atoms with Crippen molar-refractivity contribution >= 4 is 0 Å². The maximum Gasteiger partial charge on any atom is 0.00414 e. The molecule has 0 aromatic heterocycles. The summed E-state index contributed by atoms with van der Waals surface area (Å²) in [5.41, 5.74) is 2.90. The zero-order chi connectivity index (χ0) is 11.4. The highest BCUT2D eigenvalue weighted by molar-refractivity contribution is 5.25. The molecule has 1 saturated carbocycles. The van der Waals surface area contributed by atoms with E-state index >= 15 is 0 Å². The molecule has 0 radical (unpaired) electrons. The van der Waals surface area contributed by atoms with Gasteiger partial charge in [-0.05, 0) is 50.3 Å². The first-order valence-electron chi connectivity index (χ1n) is 6.53. The second-order valence-electron chi connectivity index (χ2n) is 5.21. The largest absolute Gasteiger partial charge is 0.314 e. The maximum absolute atomic E-state index is 3.63. The molecule has 1 aliphatic carbocycles. The van der Waals surface area contributed by atoms with E-state index in [0.29, 0.717) is 6.04 Å². The molecule has 1 aromatic carbocycles. The van der Waals surface area contributed by atoms with E-state index in [2.05, 4.69) is 43.4 Å². The van der Waals surface area contributed by atoms with Gasteiger partial charge in [-0.2, -0.15) is 0 Å². The monoisotopic (exact) mass is 217 g/mol. The van der Waals surface area contributed by atoms with Gasteiger partial charge in [0.15, 0.2) is 0 Å². The minimum atomic E-state index is 0.691. The molecule has 1 aromatic rings. The van der Waals surface area contributed by atoms with Crippen LogP contribution in [0, 0.1) is 12.8 Å². The molecular formula is C15H23N. The first-order chi connectivity index (χ1) is 7.75. The average molecular weight is 217 g/mol. The second kappa shape index (κ2) is 5.49. The van der Waals surface area contributed by atoms with Crippen LogP contribution in [0.4, 0.5) is 0 Å². The zero-order valence-corrected chi connectivity index (χ0v) is 10.5. The quantitative estimate of drug-likeness (QED) is 0.771. The van der Waals surface area contributed by atoms with Crippen LogP contribution >= 0.6 is 0 Å². The number of rotatable bonds is 6. The molecule has 1 unspecified atom stereocenters. The van der Waals surface area contributed by atoms with Crippen LogP contribution in [0.15, 0.2) is 24.3 Å². The van der Waals surface area contributed by atoms with Crippen LogP contribution in [-0.2, 0) is 6.42 Å². The molecule has 0 spiro atoms. The molecule has 1 N–H and O–H groups in total. The van der Waals surface area contributed by atoms with Crippen molar-refractivity contribution in [1.82, 2.24) is 5.32 Å². The molecule has 1 atom stereocenters. The van der Waals surface area contributed by atoms with Crippen molar-refractivity contribution in [3.63, 3.8) is 0 Å². The summed E-state index contributed by atoms with van der Waals surface area (Å²) < 4.78 is 0. The minimum Gasteiger partial charge on any atom is -0.314 e. The molecule has 2 rings (SSSR count). The normalized spacial score (nSPS) is 17.4. The Morgan fingerprint density at radius 1 is 1.31 bits per heavy atom. The first-order valence-corrected chi connectivity index (χ1v) is 6.53. The van der Waals surface area contributed by atoms with Crippen LogP contribution in [-0.4, -0.2) is 12.6 Å². The van der Waals surface area contributed by atoms with Crippen molar-refractivity contribution < 1.29 is 0 Å². The summed E-state index contributed by atoms with van der Waals surface area (Å²) in [6.45, 7) is 5.62. The van der Waals surface area contributed by atoms with Crippen molar-refractivity contribution in [2.24, 2.45) is 5.92 Å². The Hall–Kier alpha value is -0.820. The average Bonchev–Trinajstić information content (AvgIpc) is 3.05. The van der Waals surface area contributed by atoms with Gasteiger partial charge in [-0.25, -0.2) is 0 Å². The van der Waals surface area contributed by atoms with Crippen LogP contribution in [0.25, 0.3) is 0 Å². The number of nitrogens with one attached hydrogen (secondary N) is 1. The summed E-state index contributed by atoms with van der Waals surface area (Å²) >= 11 is 0. The number of aryl methyl sites for hydroxylation is 1. The summed E-state index contributed by atoms with van der Waals surface area (Å²) in [4.78, 5) is 0. The third-order valence-corrected chi connectivity index (χ3v) is 3.53. The number of hydrogen-bond donors (Lipinski definition) is 1. The lowest BCUT2D eigenvalue weighted by atomic mass is 10.1. The fourth-order valence-corrected chi connectivity index (χ4v) is 2.28. The smallest absolute Gasteiger partial charge is 0.00414 e. The van der Waals surface area contributed by atoms with E-state index in [-0.39, 0.29) is 0 Å². The van der Waals surface area contributed by atoms with E-state index in [4.69, 9.17) is 0 Å². The van der Waals surface area contributed by atoms with Gasteiger partial charge in [0.25, 0.3) is 0 Å². The summed E-state index contributed by atoms with van der Waals surface area (Å²) in [6, 6.07) is 9.38. The number of hydrogen-bond acceptors (Lipinski definition) is 1. The first kappa shape index (κ1) is 11.7.